The van der Waals surface area contributed by atoms with Gasteiger partial charge in [0.15, 0.2) is 0 Å². The molecule has 0 spiro atoms. The first-order valence-electron chi connectivity index (χ1n) is 5.82. The number of carbonyl (C=O) groups is 2. The van der Waals surface area contributed by atoms with Crippen molar-refractivity contribution in [2.75, 3.05) is 26.0 Å². The molecule has 0 aromatic rings. The van der Waals surface area contributed by atoms with Gasteiger partial charge < -0.3 is 18.6 Å². The molecule has 7 heteroatoms. The van der Waals surface area contributed by atoms with Crippen LogP contribution in [0.5, 0.6) is 0 Å². The maximum absolute atomic E-state index is 11.8. The second kappa shape index (κ2) is 11.4. The zero-order valence-electron chi connectivity index (χ0n) is 11.7. The summed E-state index contributed by atoms with van der Waals surface area (Å²) in [4.78, 5) is 20.5. The van der Waals surface area contributed by atoms with Crippen molar-refractivity contribution in [3.8, 4) is 0 Å². The Morgan fingerprint density at radius 3 is 1.61 bits per heavy atom. The van der Waals surface area contributed by atoms with Gasteiger partial charge in [-0.05, 0) is 34.6 Å². The molecule has 0 saturated heterocycles. The van der Waals surface area contributed by atoms with Crippen LogP contribution in [0.4, 0.5) is 0 Å². The first-order valence-corrected chi connectivity index (χ1v) is 7.55. The number of carbonyl (C=O) groups excluding carboxylic acids is 2. The molecule has 0 radical (unpaired) electrons. The van der Waals surface area contributed by atoms with E-state index in [1.807, 2.05) is 0 Å². The average Bonchev–Trinajstić information content (AvgIpc) is 2.16. The molecule has 18 heavy (non-hydrogen) atoms. The Bertz CT molecular complexity index is 275. The zero-order chi connectivity index (χ0) is 14.6. The normalized spacial score (nSPS) is 10.3. The Balaban J connectivity index is 0. The number of Topliss-reactive ketones (excluding diaryl/α,β-unsaturated/α-hetero) is 1. The van der Waals surface area contributed by atoms with Crippen molar-refractivity contribution in [1.29, 1.82) is 0 Å². The molecule has 6 nitrogen and oxygen atoms in total. The first kappa shape index (κ1) is 19.6. The molecule has 0 saturated carbocycles. The fourth-order valence-corrected chi connectivity index (χ4v) is 2.34. The second-order valence-corrected chi connectivity index (χ2v) is 5.37. The summed E-state index contributed by atoms with van der Waals surface area (Å²) in [7, 11) is -3.28. The number of ketones is 1. The minimum Gasteiger partial charge on any atom is -0.466 e. The van der Waals surface area contributed by atoms with Crippen LogP contribution >= 0.6 is 7.60 Å². The van der Waals surface area contributed by atoms with Crippen LogP contribution in [0.25, 0.3) is 0 Å². The largest absolute Gasteiger partial charge is 0.466 e. The van der Waals surface area contributed by atoms with E-state index in [1.54, 1.807) is 20.8 Å². The average molecular weight is 282 g/mol. The van der Waals surface area contributed by atoms with E-state index >= 15 is 0 Å². The number of ether oxygens (including phenoxy) is 1. The van der Waals surface area contributed by atoms with Crippen LogP contribution in [0.1, 0.15) is 34.6 Å². The van der Waals surface area contributed by atoms with Crippen molar-refractivity contribution >= 4 is 19.3 Å². The Labute approximate surface area is 109 Å². The van der Waals surface area contributed by atoms with Crippen LogP contribution in [0.15, 0.2) is 0 Å². The van der Waals surface area contributed by atoms with Gasteiger partial charge in [-0.25, -0.2) is 0 Å². The van der Waals surface area contributed by atoms with Gasteiger partial charge in [-0.2, -0.15) is 0 Å². The van der Waals surface area contributed by atoms with E-state index in [0.717, 1.165) is 0 Å². The summed E-state index contributed by atoms with van der Waals surface area (Å²) in [6, 6.07) is 0. The number of hydrogen-bond acceptors (Lipinski definition) is 6. The Kier molecular flexibility index (Phi) is 12.4. The van der Waals surface area contributed by atoms with Crippen molar-refractivity contribution in [2.45, 2.75) is 34.6 Å². The number of esters is 1. The van der Waals surface area contributed by atoms with Crippen molar-refractivity contribution in [3.05, 3.63) is 0 Å². The molecule has 0 atom stereocenters. The molecule has 0 bridgehead atoms. The molecule has 0 aliphatic carbocycles. The fraction of sp³-hybridized carbons (Fsp3) is 0.818. The molecule has 0 aliphatic rings. The van der Waals surface area contributed by atoms with Gasteiger partial charge in [0.1, 0.15) is 11.9 Å². The lowest BCUT2D eigenvalue weighted by atomic mass is 10.6. The second-order valence-electron chi connectivity index (χ2n) is 3.32. The summed E-state index contributed by atoms with van der Waals surface area (Å²) < 4.78 is 26.3. The van der Waals surface area contributed by atoms with E-state index in [9.17, 15) is 14.2 Å². The topological polar surface area (TPSA) is 78.9 Å². The van der Waals surface area contributed by atoms with Crippen LogP contribution in [-0.4, -0.2) is 37.7 Å². The third-order valence-electron chi connectivity index (χ3n) is 1.28. The van der Waals surface area contributed by atoms with Gasteiger partial charge in [0.2, 0.25) is 0 Å². The van der Waals surface area contributed by atoms with E-state index in [4.69, 9.17) is 9.05 Å². The molecule has 108 valence electrons. The van der Waals surface area contributed by atoms with Crippen molar-refractivity contribution < 1.29 is 27.9 Å². The Morgan fingerprint density at radius 2 is 1.33 bits per heavy atom. The predicted octanol–water partition coefficient (Wildman–Crippen LogP) is 2.41. The summed E-state index contributed by atoms with van der Waals surface area (Å²) in [6.45, 7) is 8.88. The highest BCUT2D eigenvalue weighted by atomic mass is 31.2. The van der Waals surface area contributed by atoms with E-state index in [-0.39, 0.29) is 31.8 Å². The highest BCUT2D eigenvalue weighted by molar-refractivity contribution is 7.54. The monoisotopic (exact) mass is 282 g/mol. The van der Waals surface area contributed by atoms with Crippen LogP contribution < -0.4 is 0 Å². The highest BCUT2D eigenvalue weighted by Crippen LogP contribution is 2.47. The van der Waals surface area contributed by atoms with Crippen LogP contribution in [0.2, 0.25) is 0 Å². The van der Waals surface area contributed by atoms with Crippen LogP contribution in [0.3, 0.4) is 0 Å². The molecule has 0 rings (SSSR count). The lowest BCUT2D eigenvalue weighted by Gasteiger charge is -2.15. The lowest BCUT2D eigenvalue weighted by Crippen LogP contribution is -2.12. The summed E-state index contributed by atoms with van der Waals surface area (Å²) >= 11 is 0. The number of hydrogen-bond donors (Lipinski definition) is 0. The van der Waals surface area contributed by atoms with Gasteiger partial charge in [0.05, 0.1) is 19.8 Å². The van der Waals surface area contributed by atoms with Gasteiger partial charge >= 0.3 is 13.6 Å². The van der Waals surface area contributed by atoms with Crippen molar-refractivity contribution in [1.82, 2.24) is 0 Å². The maximum Gasteiger partial charge on any atom is 0.341 e. The van der Waals surface area contributed by atoms with Gasteiger partial charge in [0, 0.05) is 0 Å². The molecule has 0 N–H and O–H groups in total. The minimum atomic E-state index is -3.28. The molecule has 0 aromatic carbocycles. The van der Waals surface area contributed by atoms with Gasteiger partial charge in [-0.3, -0.25) is 9.36 Å². The third-order valence-corrected chi connectivity index (χ3v) is 3.23. The summed E-state index contributed by atoms with van der Waals surface area (Å²) in [5.41, 5.74) is 0. The van der Waals surface area contributed by atoms with Crippen LogP contribution in [-0.2, 0) is 27.9 Å². The third kappa shape index (κ3) is 13.4. The smallest absolute Gasteiger partial charge is 0.341 e. The molecule has 0 heterocycles. The van der Waals surface area contributed by atoms with E-state index in [0.29, 0.717) is 0 Å². The standard InChI is InChI=1S/C8H17O5P.C3H6O/c1-4-11-8(9)7-14(10,12-5-2)13-6-3;1-3(2)4/h4-7H2,1-3H3;1-2H3. The maximum atomic E-state index is 11.8. The first-order chi connectivity index (χ1) is 8.31. The van der Waals surface area contributed by atoms with Gasteiger partial charge in [-0.15, -0.1) is 0 Å². The van der Waals surface area contributed by atoms with Gasteiger partial charge in [-0.1, -0.05) is 0 Å². The summed E-state index contributed by atoms with van der Waals surface area (Å²) in [6.07, 6.45) is -0.317. The quantitative estimate of drug-likeness (QED) is 0.527. The molecule has 0 amide bonds. The lowest BCUT2D eigenvalue weighted by molar-refractivity contribution is -0.140. The summed E-state index contributed by atoms with van der Waals surface area (Å²) in [5.74, 6) is -0.391. The molecular weight excluding hydrogens is 259 g/mol. The summed E-state index contributed by atoms with van der Waals surface area (Å²) in [5, 5.41) is 0. The molecular formula is C11H23O6P. The predicted molar refractivity (Wildman–Crippen MR) is 68.7 cm³/mol. The Morgan fingerprint density at radius 1 is 0.944 bits per heavy atom. The molecule has 0 fully saturated rings. The molecule has 0 unspecified atom stereocenters. The highest BCUT2D eigenvalue weighted by Gasteiger charge is 2.28. The van der Waals surface area contributed by atoms with E-state index in [2.05, 4.69) is 4.74 Å². The van der Waals surface area contributed by atoms with Crippen molar-refractivity contribution in [2.24, 2.45) is 0 Å². The number of rotatable bonds is 7. The van der Waals surface area contributed by atoms with Crippen molar-refractivity contribution in [3.63, 3.8) is 0 Å². The zero-order valence-corrected chi connectivity index (χ0v) is 12.6. The van der Waals surface area contributed by atoms with Gasteiger partial charge in [0.25, 0.3) is 0 Å². The minimum absolute atomic E-state index is 0.167. The molecule has 0 aliphatic heterocycles. The fourth-order valence-electron chi connectivity index (χ4n) is 0.887. The van der Waals surface area contributed by atoms with E-state index in [1.165, 1.54) is 13.8 Å². The Hall–Kier alpha value is -0.710. The SMILES string of the molecule is CC(C)=O.CCOC(=O)CP(=O)(OCC)OCC. The molecule has 0 aromatic heterocycles. The van der Waals surface area contributed by atoms with E-state index < -0.39 is 13.6 Å². The van der Waals surface area contributed by atoms with Crippen LogP contribution in [0, 0.1) is 0 Å².